The predicted octanol–water partition coefficient (Wildman–Crippen LogP) is 12.6. The monoisotopic (exact) mass is 724 g/mol. The van der Waals surface area contributed by atoms with Gasteiger partial charge in [0.05, 0.1) is 5.54 Å². The van der Waals surface area contributed by atoms with Crippen molar-refractivity contribution >= 4 is 62.1 Å². The van der Waals surface area contributed by atoms with Gasteiger partial charge >= 0.3 is 6.85 Å². The molecule has 274 valence electrons. The van der Waals surface area contributed by atoms with E-state index in [2.05, 4.69) is 180 Å². The summed E-state index contributed by atoms with van der Waals surface area (Å²) in [6.45, 7) is 17.3. The number of fused-ring (bicyclic) bond motifs is 13. The molecule has 12 rings (SSSR count). The van der Waals surface area contributed by atoms with Crippen molar-refractivity contribution in [3.63, 3.8) is 0 Å². The van der Waals surface area contributed by atoms with E-state index in [0.29, 0.717) is 0 Å². The Morgan fingerprint density at radius 2 is 1.25 bits per heavy atom. The average Bonchev–Trinajstić information content (AvgIpc) is 3.55. The summed E-state index contributed by atoms with van der Waals surface area (Å²) < 4.78 is 0. The van der Waals surface area contributed by atoms with Gasteiger partial charge in [-0.2, -0.15) is 0 Å². The largest absolute Gasteiger partial charge is 0.376 e. The van der Waals surface area contributed by atoms with E-state index in [1.165, 1.54) is 120 Å². The minimum absolute atomic E-state index is 0.00265. The summed E-state index contributed by atoms with van der Waals surface area (Å²) >= 11 is 0. The van der Waals surface area contributed by atoms with E-state index in [1.54, 1.807) is 5.56 Å². The van der Waals surface area contributed by atoms with Gasteiger partial charge in [0.1, 0.15) is 0 Å². The smallest absolute Gasteiger partial charge is 0.333 e. The lowest BCUT2D eigenvalue weighted by Crippen LogP contribution is -2.64. The Labute approximate surface area is 332 Å². The maximum absolute atomic E-state index is 2.91. The van der Waals surface area contributed by atoms with Crippen molar-refractivity contribution in [2.75, 3.05) is 9.71 Å². The highest BCUT2D eigenvalue weighted by molar-refractivity contribution is 6.94. The topological polar surface area (TPSA) is 6.48 Å². The van der Waals surface area contributed by atoms with Crippen molar-refractivity contribution in [1.29, 1.82) is 0 Å². The Morgan fingerprint density at radius 1 is 0.571 bits per heavy atom. The second-order valence-corrected chi connectivity index (χ2v) is 19.7. The average molecular weight is 725 g/mol. The van der Waals surface area contributed by atoms with Crippen LogP contribution in [-0.2, 0) is 16.2 Å². The van der Waals surface area contributed by atoms with E-state index >= 15 is 0 Å². The van der Waals surface area contributed by atoms with Crippen LogP contribution in [0.5, 0.6) is 0 Å². The first kappa shape index (κ1) is 32.9. The number of rotatable bonds is 1. The molecule has 0 spiro atoms. The molecule has 0 saturated heterocycles. The summed E-state index contributed by atoms with van der Waals surface area (Å²) in [5.41, 5.74) is 19.6. The lowest BCUT2D eigenvalue weighted by Gasteiger charge is -2.53. The molecule has 0 aromatic heterocycles. The van der Waals surface area contributed by atoms with Crippen LogP contribution in [0.2, 0.25) is 0 Å². The minimum atomic E-state index is -0.0984. The zero-order valence-corrected chi connectivity index (χ0v) is 33.8. The van der Waals surface area contributed by atoms with Crippen molar-refractivity contribution in [2.45, 2.75) is 95.9 Å². The van der Waals surface area contributed by atoms with E-state index in [4.69, 9.17) is 0 Å². The molecule has 1 fully saturated rings. The molecule has 0 bridgehead atoms. The number of hydrogen-bond acceptors (Lipinski definition) is 2. The quantitative estimate of drug-likeness (QED) is 0.156. The van der Waals surface area contributed by atoms with Crippen molar-refractivity contribution < 1.29 is 0 Å². The Balaban J connectivity index is 1.25. The maximum atomic E-state index is 2.91. The third-order valence-corrected chi connectivity index (χ3v) is 15.5. The number of hydrogen-bond donors (Lipinski definition) is 0. The van der Waals surface area contributed by atoms with Crippen LogP contribution in [0.1, 0.15) is 96.4 Å². The molecule has 7 aromatic carbocycles. The molecule has 56 heavy (non-hydrogen) atoms. The van der Waals surface area contributed by atoms with E-state index in [-0.39, 0.29) is 28.6 Å². The third kappa shape index (κ3) is 3.90. The van der Waals surface area contributed by atoms with Crippen molar-refractivity contribution in [1.82, 2.24) is 0 Å². The van der Waals surface area contributed by atoms with Gasteiger partial charge in [-0.3, -0.25) is 0 Å². The molecule has 2 atom stereocenters. The lowest BCUT2D eigenvalue weighted by atomic mass is 9.42. The molecule has 5 aliphatic rings. The zero-order chi connectivity index (χ0) is 38.1. The van der Waals surface area contributed by atoms with Gasteiger partial charge in [-0.25, -0.2) is 0 Å². The van der Waals surface area contributed by atoms with Gasteiger partial charge in [-0.05, 0) is 122 Å². The predicted molar refractivity (Wildman–Crippen MR) is 240 cm³/mol. The molecular formula is C53H49BN2. The SMILES string of the molecule is CC(C)(C)c1cc2c3c(c1)C1(C)CCCCC1(C)N3c1c3c(cc4ccccc14)-c1cc4ccccc4cc1N(c1ccc4c(c1)C(C)(C)c1ccccc1-4)B23. The Kier molecular flexibility index (Phi) is 6.21. The summed E-state index contributed by atoms with van der Waals surface area (Å²) in [4.78, 5) is 5.68. The van der Waals surface area contributed by atoms with Crippen LogP contribution in [-0.4, -0.2) is 12.4 Å². The first-order valence-electron chi connectivity index (χ1n) is 21.0. The maximum Gasteiger partial charge on any atom is 0.333 e. The van der Waals surface area contributed by atoms with Gasteiger partial charge in [0.15, 0.2) is 0 Å². The Hall–Kier alpha value is -5.28. The fourth-order valence-corrected chi connectivity index (χ4v) is 12.3. The molecule has 3 aliphatic heterocycles. The summed E-state index contributed by atoms with van der Waals surface area (Å²) in [6, 6.07) is 47.5. The van der Waals surface area contributed by atoms with Gasteiger partial charge in [0, 0.05) is 44.5 Å². The first-order chi connectivity index (χ1) is 26.9. The van der Waals surface area contributed by atoms with Gasteiger partial charge in [0.2, 0.25) is 0 Å². The molecule has 2 nitrogen and oxygen atoms in total. The van der Waals surface area contributed by atoms with Crippen LogP contribution in [0, 0.1) is 0 Å². The van der Waals surface area contributed by atoms with Crippen molar-refractivity contribution in [2.24, 2.45) is 0 Å². The molecule has 2 aliphatic carbocycles. The highest BCUT2D eigenvalue weighted by Gasteiger charge is 2.62. The Bertz CT molecular complexity index is 2890. The summed E-state index contributed by atoms with van der Waals surface area (Å²) in [7, 11) is 0. The van der Waals surface area contributed by atoms with Gasteiger partial charge < -0.3 is 9.71 Å². The third-order valence-electron chi connectivity index (χ3n) is 15.5. The number of anilines is 4. The molecular weight excluding hydrogens is 675 g/mol. The molecule has 2 unspecified atom stereocenters. The number of nitrogens with zero attached hydrogens (tertiary/aromatic N) is 2. The molecule has 0 radical (unpaired) electrons. The van der Waals surface area contributed by atoms with Crippen molar-refractivity contribution in [3.05, 3.63) is 144 Å². The first-order valence-corrected chi connectivity index (χ1v) is 21.0. The minimum Gasteiger partial charge on any atom is -0.376 e. The van der Waals surface area contributed by atoms with Crippen molar-refractivity contribution in [3.8, 4) is 22.3 Å². The van der Waals surface area contributed by atoms with E-state index in [0.717, 1.165) is 0 Å². The Morgan fingerprint density at radius 3 is 2.05 bits per heavy atom. The molecule has 0 amide bonds. The normalized spacial score (nSPS) is 22.1. The molecule has 3 heterocycles. The summed E-state index contributed by atoms with van der Waals surface area (Å²) in [5, 5.41) is 5.28. The van der Waals surface area contributed by atoms with Crippen LogP contribution < -0.4 is 20.6 Å². The van der Waals surface area contributed by atoms with Gasteiger partial charge in [0.25, 0.3) is 0 Å². The molecule has 0 N–H and O–H groups in total. The summed E-state index contributed by atoms with van der Waals surface area (Å²) in [6.07, 6.45) is 4.95. The highest BCUT2D eigenvalue weighted by atomic mass is 15.3. The van der Waals surface area contributed by atoms with Crippen LogP contribution in [0.25, 0.3) is 43.8 Å². The second kappa shape index (κ2) is 10.6. The highest BCUT2D eigenvalue weighted by Crippen LogP contribution is 2.63. The van der Waals surface area contributed by atoms with Crippen LogP contribution in [0.3, 0.4) is 0 Å². The molecule has 3 heteroatoms. The van der Waals surface area contributed by atoms with Crippen LogP contribution >= 0.6 is 0 Å². The lowest BCUT2D eigenvalue weighted by molar-refractivity contribution is 0.195. The summed E-state index contributed by atoms with van der Waals surface area (Å²) in [5.74, 6) is 0. The second-order valence-electron chi connectivity index (χ2n) is 19.7. The van der Waals surface area contributed by atoms with Crippen LogP contribution in [0.15, 0.2) is 121 Å². The fourth-order valence-electron chi connectivity index (χ4n) is 12.3. The standard InChI is InChI=1S/C53H49BN2/c1-50(2,3)35-29-44-49-45(30-35)54-47-41(27-34-18-10-11-19-37(34)48(47)55(49)53(7)25-15-14-24-52(44,53)6)40-26-32-16-8-9-17-33(32)28-46(40)56(54)36-22-23-39-38-20-12-13-21-42(38)51(4,5)43(39)31-36/h8-13,16-23,26-31H,14-15,24-25H2,1-7H3. The van der Waals surface area contributed by atoms with E-state index in [1.807, 2.05) is 0 Å². The zero-order valence-electron chi connectivity index (χ0n) is 33.8. The van der Waals surface area contributed by atoms with E-state index in [9.17, 15) is 0 Å². The molecule has 7 aromatic rings. The van der Waals surface area contributed by atoms with Gasteiger partial charge in [-0.1, -0.05) is 145 Å². The van der Waals surface area contributed by atoms with Crippen LogP contribution in [0.4, 0.5) is 22.7 Å². The van der Waals surface area contributed by atoms with E-state index < -0.39 is 0 Å². The number of benzene rings is 7. The fraction of sp³-hybridized carbons (Fsp3) is 0.283. The molecule has 1 saturated carbocycles. The van der Waals surface area contributed by atoms with Gasteiger partial charge in [-0.15, -0.1) is 0 Å².